The molecule has 2 aliphatic rings. The van der Waals surface area contributed by atoms with Crippen molar-refractivity contribution in [2.75, 3.05) is 33.0 Å². The minimum Gasteiger partial charge on any atom is -0.454 e. The van der Waals surface area contributed by atoms with E-state index >= 15 is 0 Å². The van der Waals surface area contributed by atoms with Crippen LogP contribution in [-0.2, 0) is 6.54 Å². The van der Waals surface area contributed by atoms with Gasteiger partial charge >= 0.3 is 0 Å². The zero-order valence-electron chi connectivity index (χ0n) is 15.8. The Labute approximate surface area is 167 Å². The lowest BCUT2D eigenvalue weighted by Gasteiger charge is -2.34. The van der Waals surface area contributed by atoms with Crippen LogP contribution in [0.2, 0.25) is 0 Å². The summed E-state index contributed by atoms with van der Waals surface area (Å²) in [5.74, 6) is 1.66. The number of tetrazole rings is 1. The molecule has 1 amide bonds. The van der Waals surface area contributed by atoms with Crippen molar-refractivity contribution in [3.63, 3.8) is 0 Å². The smallest absolute Gasteiger partial charge is 0.253 e. The van der Waals surface area contributed by atoms with E-state index in [4.69, 9.17) is 9.47 Å². The molecule has 2 aromatic carbocycles. The van der Waals surface area contributed by atoms with Gasteiger partial charge < -0.3 is 14.4 Å². The molecular weight excluding hydrogens is 372 g/mol. The van der Waals surface area contributed by atoms with E-state index in [1.807, 2.05) is 41.3 Å². The van der Waals surface area contributed by atoms with Crippen LogP contribution in [0.5, 0.6) is 11.5 Å². The molecule has 148 valence electrons. The van der Waals surface area contributed by atoms with E-state index in [0.29, 0.717) is 18.7 Å². The van der Waals surface area contributed by atoms with Crippen LogP contribution in [0.15, 0.2) is 48.8 Å². The first-order chi connectivity index (χ1) is 14.3. The summed E-state index contributed by atoms with van der Waals surface area (Å²) in [4.78, 5) is 17.1. The lowest BCUT2D eigenvalue weighted by Crippen LogP contribution is -2.48. The van der Waals surface area contributed by atoms with Crippen molar-refractivity contribution in [2.45, 2.75) is 6.54 Å². The quantitative estimate of drug-likeness (QED) is 0.662. The molecule has 3 aromatic rings. The highest BCUT2D eigenvalue weighted by atomic mass is 16.7. The number of carbonyl (C=O) groups is 1. The number of rotatable bonds is 4. The lowest BCUT2D eigenvalue weighted by molar-refractivity contribution is 0.0628. The molecule has 3 heterocycles. The normalized spacial score (nSPS) is 16.2. The fraction of sp³-hybridized carbons (Fsp3) is 0.300. The SMILES string of the molecule is O=C(c1ccc(-n2cnnn2)cc1)N1CCN(Cc2ccc3c(c2)OCO3)CC1. The number of piperazine rings is 1. The van der Waals surface area contributed by atoms with Crippen LogP contribution < -0.4 is 9.47 Å². The van der Waals surface area contributed by atoms with Crippen molar-refractivity contribution < 1.29 is 14.3 Å². The number of benzene rings is 2. The molecule has 9 nitrogen and oxygen atoms in total. The van der Waals surface area contributed by atoms with Gasteiger partial charge in [-0.25, -0.2) is 4.68 Å². The molecule has 1 aromatic heterocycles. The Morgan fingerprint density at radius 2 is 1.76 bits per heavy atom. The number of ether oxygens (including phenoxy) is 2. The fourth-order valence-corrected chi connectivity index (χ4v) is 3.63. The standard InChI is InChI=1S/C20H20N6O3/c27-20(16-2-4-17(5-3-16)26-13-21-22-23-26)25-9-7-24(8-10-25)12-15-1-6-18-19(11-15)29-14-28-18/h1-6,11,13H,7-10,12,14H2. The minimum atomic E-state index is 0.0518. The first-order valence-corrected chi connectivity index (χ1v) is 9.50. The average molecular weight is 392 g/mol. The third-order valence-electron chi connectivity index (χ3n) is 5.23. The number of hydrogen-bond acceptors (Lipinski definition) is 7. The Bertz CT molecular complexity index is 998. The number of carbonyl (C=O) groups excluding carboxylic acids is 1. The van der Waals surface area contributed by atoms with Gasteiger partial charge in [0.15, 0.2) is 11.5 Å². The van der Waals surface area contributed by atoms with Gasteiger partial charge in [0.05, 0.1) is 5.69 Å². The Kier molecular flexibility index (Phi) is 4.57. The molecule has 2 aliphatic heterocycles. The number of fused-ring (bicyclic) bond motifs is 1. The summed E-state index contributed by atoms with van der Waals surface area (Å²) in [6.45, 7) is 4.21. The van der Waals surface area contributed by atoms with Crippen LogP contribution in [0.1, 0.15) is 15.9 Å². The highest BCUT2D eigenvalue weighted by Crippen LogP contribution is 2.32. The Balaban J connectivity index is 1.17. The number of nitrogens with zero attached hydrogens (tertiary/aromatic N) is 6. The summed E-state index contributed by atoms with van der Waals surface area (Å²) in [6, 6.07) is 13.4. The summed E-state index contributed by atoms with van der Waals surface area (Å²) in [5.41, 5.74) is 2.68. The van der Waals surface area contributed by atoms with Crippen LogP contribution in [0, 0.1) is 0 Å². The highest BCUT2D eigenvalue weighted by molar-refractivity contribution is 5.94. The maximum atomic E-state index is 12.8. The molecule has 0 aliphatic carbocycles. The highest BCUT2D eigenvalue weighted by Gasteiger charge is 2.23. The van der Waals surface area contributed by atoms with Gasteiger partial charge in [0.2, 0.25) is 6.79 Å². The summed E-state index contributed by atoms with van der Waals surface area (Å²) >= 11 is 0. The second kappa shape index (κ2) is 7.51. The van der Waals surface area contributed by atoms with Gasteiger partial charge in [0.25, 0.3) is 5.91 Å². The number of amides is 1. The summed E-state index contributed by atoms with van der Waals surface area (Å²) < 4.78 is 12.4. The van der Waals surface area contributed by atoms with Gasteiger partial charge in [-0.15, -0.1) is 5.10 Å². The van der Waals surface area contributed by atoms with E-state index in [1.54, 1.807) is 4.68 Å². The molecule has 0 radical (unpaired) electrons. The second-order valence-corrected chi connectivity index (χ2v) is 7.06. The number of aromatic nitrogens is 4. The van der Waals surface area contributed by atoms with Crippen LogP contribution in [0.3, 0.4) is 0 Å². The summed E-state index contributed by atoms with van der Waals surface area (Å²) in [7, 11) is 0. The summed E-state index contributed by atoms with van der Waals surface area (Å²) in [5, 5.41) is 11.1. The molecule has 0 saturated carbocycles. The molecule has 0 atom stereocenters. The average Bonchev–Trinajstić information content (AvgIpc) is 3.46. The van der Waals surface area contributed by atoms with Gasteiger partial charge in [-0.1, -0.05) is 6.07 Å². The van der Waals surface area contributed by atoms with E-state index < -0.39 is 0 Å². The monoisotopic (exact) mass is 392 g/mol. The number of hydrogen-bond donors (Lipinski definition) is 0. The van der Waals surface area contributed by atoms with Crippen molar-refractivity contribution in [3.8, 4) is 17.2 Å². The lowest BCUT2D eigenvalue weighted by atomic mass is 10.1. The predicted molar refractivity (Wildman–Crippen MR) is 103 cm³/mol. The van der Waals surface area contributed by atoms with Gasteiger partial charge in [-0.05, 0) is 52.4 Å². The third kappa shape index (κ3) is 3.64. The zero-order chi connectivity index (χ0) is 19.6. The molecule has 0 spiro atoms. The van der Waals surface area contributed by atoms with Crippen molar-refractivity contribution in [1.29, 1.82) is 0 Å². The van der Waals surface area contributed by atoms with Crippen molar-refractivity contribution in [2.24, 2.45) is 0 Å². The van der Waals surface area contributed by atoms with E-state index in [-0.39, 0.29) is 12.7 Å². The second-order valence-electron chi connectivity index (χ2n) is 7.06. The van der Waals surface area contributed by atoms with Gasteiger partial charge in [0, 0.05) is 38.3 Å². The molecule has 9 heteroatoms. The maximum absolute atomic E-state index is 12.8. The largest absolute Gasteiger partial charge is 0.454 e. The first kappa shape index (κ1) is 17.6. The Morgan fingerprint density at radius 1 is 0.966 bits per heavy atom. The minimum absolute atomic E-state index is 0.0518. The zero-order valence-corrected chi connectivity index (χ0v) is 15.8. The Morgan fingerprint density at radius 3 is 2.52 bits per heavy atom. The topological polar surface area (TPSA) is 85.6 Å². The predicted octanol–water partition coefficient (Wildman–Crippen LogP) is 1.35. The maximum Gasteiger partial charge on any atom is 0.253 e. The summed E-state index contributed by atoms with van der Waals surface area (Å²) in [6.07, 6.45) is 1.52. The van der Waals surface area contributed by atoms with Crippen LogP contribution in [0.4, 0.5) is 0 Å². The molecule has 1 fully saturated rings. The third-order valence-corrected chi connectivity index (χ3v) is 5.23. The van der Waals surface area contributed by atoms with Gasteiger partial charge in [0.1, 0.15) is 6.33 Å². The molecule has 0 N–H and O–H groups in total. The first-order valence-electron chi connectivity index (χ1n) is 9.50. The molecule has 0 unspecified atom stereocenters. The van der Waals surface area contributed by atoms with Crippen molar-refractivity contribution >= 4 is 5.91 Å². The fourth-order valence-electron chi connectivity index (χ4n) is 3.63. The van der Waals surface area contributed by atoms with E-state index in [9.17, 15) is 4.79 Å². The molecule has 0 bridgehead atoms. The molecule has 1 saturated heterocycles. The van der Waals surface area contributed by atoms with Crippen molar-refractivity contribution in [3.05, 3.63) is 59.9 Å². The van der Waals surface area contributed by atoms with Crippen LogP contribution >= 0.6 is 0 Å². The van der Waals surface area contributed by atoms with Crippen LogP contribution in [-0.4, -0.2) is 68.9 Å². The van der Waals surface area contributed by atoms with Gasteiger partial charge in [-0.2, -0.15) is 0 Å². The molecular formula is C20H20N6O3. The van der Waals surface area contributed by atoms with Crippen molar-refractivity contribution in [1.82, 2.24) is 30.0 Å². The van der Waals surface area contributed by atoms with E-state index in [1.165, 1.54) is 11.9 Å². The molecule has 29 heavy (non-hydrogen) atoms. The Hall–Kier alpha value is -3.46. The van der Waals surface area contributed by atoms with E-state index in [0.717, 1.165) is 36.8 Å². The molecule has 5 rings (SSSR count). The van der Waals surface area contributed by atoms with E-state index in [2.05, 4.69) is 26.5 Å². The van der Waals surface area contributed by atoms with Crippen LogP contribution in [0.25, 0.3) is 5.69 Å². The van der Waals surface area contributed by atoms with Gasteiger partial charge in [-0.3, -0.25) is 9.69 Å².